The number of ketones is 1. The summed E-state index contributed by atoms with van der Waals surface area (Å²) in [5.41, 5.74) is 0.657. The normalized spacial score (nSPS) is 20.1. The van der Waals surface area contributed by atoms with Gasteiger partial charge < -0.3 is 35.8 Å². The Hall–Kier alpha value is -4.51. The van der Waals surface area contributed by atoms with Crippen molar-refractivity contribution in [1.29, 1.82) is 0 Å². The highest BCUT2D eigenvalue weighted by Crippen LogP contribution is 2.34. The molecule has 2 unspecified atom stereocenters. The van der Waals surface area contributed by atoms with Gasteiger partial charge in [0, 0.05) is 45.7 Å². The van der Waals surface area contributed by atoms with Gasteiger partial charge in [-0.1, -0.05) is 84.7 Å². The number of likely N-dealkylation sites (N-methyl/N-ethyl adjacent to an activating group) is 1. The number of hydrogen-bond donors (Lipinski definition) is 4. The van der Waals surface area contributed by atoms with Crippen molar-refractivity contribution in [3.05, 3.63) is 48.0 Å². The number of nitrogens with one attached hydrogen (secondary N) is 4. The SMILES string of the molecule is C=CCNC(=O)C(=O)C(CC1CC1)NC(=O)C1C[C@@H](OC(=O)N2CCc3ccccc3C2)CN1C(=O)[C@@H](NC(=O)N[C@H](CN(C)S(C)(=O)=O)C(C)(C)C)C(C)(C)C. The van der Waals surface area contributed by atoms with Gasteiger partial charge in [0.25, 0.3) is 5.91 Å². The van der Waals surface area contributed by atoms with Crippen LogP contribution in [0.3, 0.4) is 0 Å². The average Bonchev–Trinajstić information content (AvgIpc) is 3.85. The monoisotopic (exact) mass is 815 g/mol. The molecule has 2 aliphatic heterocycles. The number of fused-ring (bicyclic) bond motifs is 1. The molecule has 1 saturated heterocycles. The molecule has 2 fully saturated rings. The van der Waals surface area contributed by atoms with E-state index in [1.165, 1.54) is 18.0 Å². The van der Waals surface area contributed by atoms with Crippen molar-refractivity contribution < 1.29 is 41.9 Å². The number of sulfonamides is 1. The highest BCUT2D eigenvalue weighted by Gasteiger charge is 2.48. The fourth-order valence-corrected chi connectivity index (χ4v) is 7.33. The van der Waals surface area contributed by atoms with E-state index in [1.807, 2.05) is 45.0 Å². The van der Waals surface area contributed by atoms with E-state index in [1.54, 1.807) is 25.7 Å². The second-order valence-corrected chi connectivity index (χ2v) is 19.8. The van der Waals surface area contributed by atoms with Crippen LogP contribution < -0.4 is 21.3 Å². The zero-order valence-corrected chi connectivity index (χ0v) is 35.4. The number of urea groups is 1. The summed E-state index contributed by atoms with van der Waals surface area (Å²) < 4.78 is 31.5. The molecule has 1 aromatic carbocycles. The summed E-state index contributed by atoms with van der Waals surface area (Å²) in [7, 11) is -2.15. The second kappa shape index (κ2) is 18.4. The third kappa shape index (κ3) is 12.5. The van der Waals surface area contributed by atoms with Gasteiger partial charge in [0.1, 0.15) is 18.2 Å². The van der Waals surface area contributed by atoms with Crippen molar-refractivity contribution >= 4 is 45.7 Å². The minimum Gasteiger partial charge on any atom is -0.444 e. The number of benzene rings is 1. The molecule has 0 aromatic heterocycles. The van der Waals surface area contributed by atoms with Crippen molar-refractivity contribution in [3.63, 3.8) is 0 Å². The first-order chi connectivity index (χ1) is 26.5. The van der Waals surface area contributed by atoms with E-state index in [0.717, 1.165) is 34.5 Å². The molecule has 57 heavy (non-hydrogen) atoms. The zero-order valence-electron chi connectivity index (χ0n) is 34.6. The van der Waals surface area contributed by atoms with Crippen LogP contribution in [0.1, 0.15) is 78.4 Å². The standard InChI is InChI=1S/C40H61N7O9S/c1-10-18-41-35(50)32(48)29(20-25-15-16-25)42-34(49)30-21-28(56-38(53)46-19-17-26-13-11-12-14-27(26)22-46)23-47(30)36(51)33(40(5,6)7)44-37(52)43-31(39(2,3)4)24-45(8)57(9,54)55/h10-14,25,28-31,33H,1,15-24H2,2-9H3,(H,41,50)(H,42,49)(H2,43,44,52)/t28-,29?,30?,31-,33-/m1/s1. The van der Waals surface area contributed by atoms with Gasteiger partial charge in [-0.2, -0.15) is 0 Å². The van der Waals surface area contributed by atoms with E-state index in [9.17, 15) is 37.2 Å². The Balaban J connectivity index is 1.59. The predicted molar refractivity (Wildman–Crippen MR) is 214 cm³/mol. The molecule has 316 valence electrons. The lowest BCUT2D eigenvalue weighted by molar-refractivity contribution is -0.144. The van der Waals surface area contributed by atoms with Gasteiger partial charge in [-0.05, 0) is 40.7 Å². The zero-order chi connectivity index (χ0) is 42.5. The van der Waals surface area contributed by atoms with E-state index in [4.69, 9.17) is 4.74 Å². The molecule has 4 N–H and O–H groups in total. The van der Waals surface area contributed by atoms with E-state index in [-0.39, 0.29) is 38.4 Å². The number of ether oxygens (including phenoxy) is 1. The van der Waals surface area contributed by atoms with Gasteiger partial charge in [-0.15, -0.1) is 6.58 Å². The first-order valence-corrected chi connectivity index (χ1v) is 21.4. The molecule has 5 atom stereocenters. The quantitative estimate of drug-likeness (QED) is 0.151. The molecule has 2 heterocycles. The maximum absolute atomic E-state index is 14.7. The largest absolute Gasteiger partial charge is 0.444 e. The highest BCUT2D eigenvalue weighted by molar-refractivity contribution is 7.88. The van der Waals surface area contributed by atoms with Crippen LogP contribution in [0.4, 0.5) is 9.59 Å². The number of nitrogens with zero attached hydrogens (tertiary/aromatic N) is 3. The Labute approximate surface area is 336 Å². The van der Waals surface area contributed by atoms with E-state index in [0.29, 0.717) is 19.5 Å². The average molecular weight is 816 g/mol. The molecule has 1 saturated carbocycles. The fraction of sp³-hybridized carbons (Fsp3) is 0.650. The summed E-state index contributed by atoms with van der Waals surface area (Å²) in [6.45, 7) is 15.0. The lowest BCUT2D eigenvalue weighted by Crippen LogP contribution is -2.62. The van der Waals surface area contributed by atoms with Gasteiger partial charge in [0.15, 0.2) is 0 Å². The fourth-order valence-electron chi connectivity index (χ4n) is 6.91. The van der Waals surface area contributed by atoms with Crippen molar-refractivity contribution in [2.45, 2.75) is 110 Å². The summed E-state index contributed by atoms with van der Waals surface area (Å²) >= 11 is 0. The Morgan fingerprint density at radius 1 is 0.982 bits per heavy atom. The number of rotatable bonds is 15. The van der Waals surface area contributed by atoms with Crippen LogP contribution in [0, 0.1) is 16.7 Å². The number of likely N-dealkylation sites (tertiary alicyclic amines) is 1. The van der Waals surface area contributed by atoms with Crippen molar-refractivity contribution in [2.75, 3.05) is 39.5 Å². The molecule has 16 nitrogen and oxygen atoms in total. The van der Waals surface area contributed by atoms with Crippen LogP contribution in [0.15, 0.2) is 36.9 Å². The number of carbonyl (C=O) groups excluding carboxylic acids is 6. The number of amides is 6. The van der Waals surface area contributed by atoms with Crippen LogP contribution in [0.5, 0.6) is 0 Å². The third-order valence-corrected chi connectivity index (χ3v) is 12.1. The number of Topliss-reactive ketones (excluding diaryl/α,β-unsaturated/α-hetero) is 1. The van der Waals surface area contributed by atoms with Gasteiger partial charge in [-0.25, -0.2) is 22.3 Å². The van der Waals surface area contributed by atoms with Gasteiger partial charge >= 0.3 is 12.1 Å². The van der Waals surface area contributed by atoms with Gasteiger partial charge in [0.2, 0.25) is 27.6 Å². The van der Waals surface area contributed by atoms with E-state index in [2.05, 4.69) is 27.8 Å². The summed E-state index contributed by atoms with van der Waals surface area (Å²) in [5, 5.41) is 10.8. The molecule has 0 radical (unpaired) electrons. The number of carbonyl (C=O) groups is 6. The predicted octanol–water partition coefficient (Wildman–Crippen LogP) is 2.33. The molecular weight excluding hydrogens is 755 g/mol. The van der Waals surface area contributed by atoms with Crippen molar-refractivity contribution in [3.8, 4) is 0 Å². The summed E-state index contributed by atoms with van der Waals surface area (Å²) in [4.78, 5) is 84.9. The van der Waals surface area contributed by atoms with Crippen molar-refractivity contribution in [1.82, 2.24) is 35.4 Å². The lowest BCUT2D eigenvalue weighted by Gasteiger charge is -2.37. The molecular formula is C40H61N7O9S. The highest BCUT2D eigenvalue weighted by atomic mass is 32.2. The Morgan fingerprint density at radius 3 is 2.21 bits per heavy atom. The van der Waals surface area contributed by atoms with E-state index >= 15 is 0 Å². The van der Waals surface area contributed by atoms with Crippen LogP contribution in [-0.2, 0) is 46.9 Å². The van der Waals surface area contributed by atoms with E-state index < -0.39 is 86.8 Å². The number of hydrogen-bond acceptors (Lipinski definition) is 9. The first-order valence-electron chi connectivity index (χ1n) is 19.5. The maximum Gasteiger partial charge on any atom is 0.410 e. The minimum absolute atomic E-state index is 0.0275. The smallest absolute Gasteiger partial charge is 0.410 e. The molecule has 0 spiro atoms. The maximum atomic E-state index is 14.7. The van der Waals surface area contributed by atoms with Crippen molar-refractivity contribution in [2.24, 2.45) is 16.7 Å². The summed E-state index contributed by atoms with van der Waals surface area (Å²) in [6.07, 6.45) is 3.50. The molecule has 17 heteroatoms. The molecule has 3 aliphatic rings. The second-order valence-electron chi connectivity index (χ2n) is 17.7. The molecule has 6 amide bonds. The summed E-state index contributed by atoms with van der Waals surface area (Å²) in [6, 6.07) is 2.86. The molecule has 0 bridgehead atoms. The van der Waals surface area contributed by atoms with Crippen LogP contribution >= 0.6 is 0 Å². The van der Waals surface area contributed by atoms with Crippen LogP contribution in [0.25, 0.3) is 0 Å². The molecule has 1 aromatic rings. The third-order valence-electron chi connectivity index (χ3n) is 10.8. The van der Waals surface area contributed by atoms with Gasteiger partial charge in [0.05, 0.1) is 18.8 Å². The Bertz CT molecular complexity index is 1800. The Kier molecular flexibility index (Phi) is 14.6. The lowest BCUT2D eigenvalue weighted by atomic mass is 9.85. The van der Waals surface area contributed by atoms with Crippen LogP contribution in [-0.4, -0.2) is 128 Å². The first kappa shape index (κ1) is 45.2. The molecule has 1 aliphatic carbocycles. The molecule has 4 rings (SSSR count). The minimum atomic E-state index is -3.56. The summed E-state index contributed by atoms with van der Waals surface area (Å²) in [5.74, 6) is -2.86. The van der Waals surface area contributed by atoms with Gasteiger partial charge in [-0.3, -0.25) is 19.2 Å². The Morgan fingerprint density at radius 2 is 1.63 bits per heavy atom. The topological polar surface area (TPSA) is 204 Å². The van der Waals surface area contributed by atoms with Crippen LogP contribution in [0.2, 0.25) is 0 Å².